The molecule has 0 aliphatic carbocycles. The van der Waals surface area contributed by atoms with Crippen LogP contribution in [-0.2, 0) is 0 Å². The molecule has 4 heteroatoms. The second-order valence-corrected chi connectivity index (χ2v) is 2.44. The van der Waals surface area contributed by atoms with Crippen molar-refractivity contribution in [2.75, 3.05) is 6.54 Å². The summed E-state index contributed by atoms with van der Waals surface area (Å²) < 4.78 is 0. The lowest BCUT2D eigenvalue weighted by Crippen LogP contribution is -2.20. The first-order valence-corrected chi connectivity index (χ1v) is 3.77. The van der Waals surface area contributed by atoms with Crippen LogP contribution < -0.4 is 5.48 Å². The van der Waals surface area contributed by atoms with E-state index in [2.05, 4.69) is 16.6 Å². The molecular weight excluding hydrogens is 154 g/mol. The summed E-state index contributed by atoms with van der Waals surface area (Å²) in [6.07, 6.45) is 0. The van der Waals surface area contributed by atoms with Crippen LogP contribution >= 0.6 is 0 Å². The van der Waals surface area contributed by atoms with Crippen LogP contribution in [0, 0.1) is 0 Å². The SMILES string of the molecule is C=C(N=C(C)C)C(=NCC)NO. The van der Waals surface area contributed by atoms with E-state index in [0.717, 1.165) is 5.71 Å². The average Bonchev–Trinajstić information content (AvgIpc) is 1.98. The first kappa shape index (κ1) is 10.8. The summed E-state index contributed by atoms with van der Waals surface area (Å²) in [7, 11) is 0. The van der Waals surface area contributed by atoms with Gasteiger partial charge in [0.25, 0.3) is 0 Å². The summed E-state index contributed by atoms with van der Waals surface area (Å²) in [6.45, 7) is 9.80. The van der Waals surface area contributed by atoms with Gasteiger partial charge in [0.05, 0.1) is 5.70 Å². The van der Waals surface area contributed by atoms with Crippen molar-refractivity contribution in [1.29, 1.82) is 0 Å². The highest BCUT2D eigenvalue weighted by molar-refractivity contribution is 5.99. The number of hydrogen-bond donors (Lipinski definition) is 2. The third-order valence-electron chi connectivity index (χ3n) is 1.05. The molecule has 0 saturated carbocycles. The molecule has 0 saturated heterocycles. The van der Waals surface area contributed by atoms with Gasteiger partial charge in [-0.1, -0.05) is 6.58 Å². The molecule has 0 aromatic heterocycles. The van der Waals surface area contributed by atoms with Gasteiger partial charge in [-0.05, 0) is 20.8 Å². The van der Waals surface area contributed by atoms with Crippen LogP contribution in [0.5, 0.6) is 0 Å². The van der Waals surface area contributed by atoms with Crippen LogP contribution in [-0.4, -0.2) is 23.3 Å². The summed E-state index contributed by atoms with van der Waals surface area (Å²) in [4.78, 5) is 7.98. The smallest absolute Gasteiger partial charge is 0.170 e. The zero-order valence-corrected chi connectivity index (χ0v) is 7.76. The van der Waals surface area contributed by atoms with E-state index >= 15 is 0 Å². The molecule has 0 fully saturated rings. The van der Waals surface area contributed by atoms with Crippen molar-refractivity contribution in [3.8, 4) is 0 Å². The molecule has 0 heterocycles. The lowest BCUT2D eigenvalue weighted by Gasteiger charge is -2.02. The quantitative estimate of drug-likeness (QED) is 0.381. The van der Waals surface area contributed by atoms with Gasteiger partial charge >= 0.3 is 0 Å². The number of amidine groups is 1. The minimum atomic E-state index is 0.318. The predicted octanol–water partition coefficient (Wildman–Crippen LogP) is 1.38. The summed E-state index contributed by atoms with van der Waals surface area (Å²) in [5.74, 6) is 0.318. The monoisotopic (exact) mass is 169 g/mol. The Labute approximate surface area is 72.7 Å². The molecule has 0 rings (SSSR count). The fourth-order valence-electron chi connectivity index (χ4n) is 0.672. The van der Waals surface area contributed by atoms with Gasteiger partial charge in [-0.15, -0.1) is 0 Å². The van der Waals surface area contributed by atoms with E-state index in [0.29, 0.717) is 18.1 Å². The van der Waals surface area contributed by atoms with Gasteiger partial charge < -0.3 is 0 Å². The van der Waals surface area contributed by atoms with Crippen LogP contribution in [0.3, 0.4) is 0 Å². The highest BCUT2D eigenvalue weighted by Crippen LogP contribution is 1.95. The van der Waals surface area contributed by atoms with Crippen molar-refractivity contribution >= 4 is 11.5 Å². The summed E-state index contributed by atoms with van der Waals surface area (Å²) >= 11 is 0. The normalized spacial score (nSPS) is 10.8. The van der Waals surface area contributed by atoms with Crippen LogP contribution in [0.25, 0.3) is 0 Å². The van der Waals surface area contributed by atoms with Crippen LogP contribution in [0.1, 0.15) is 20.8 Å². The molecule has 0 aromatic carbocycles. The van der Waals surface area contributed by atoms with E-state index in [1.54, 1.807) is 0 Å². The number of hydrogen-bond acceptors (Lipinski definition) is 3. The Hall–Kier alpha value is -1.16. The molecule has 0 aromatic rings. The average molecular weight is 169 g/mol. The second-order valence-electron chi connectivity index (χ2n) is 2.44. The zero-order valence-electron chi connectivity index (χ0n) is 7.76. The minimum Gasteiger partial charge on any atom is -0.290 e. The highest BCUT2D eigenvalue weighted by Gasteiger charge is 1.99. The maximum Gasteiger partial charge on any atom is 0.170 e. The van der Waals surface area contributed by atoms with Gasteiger partial charge in [-0.2, -0.15) is 0 Å². The van der Waals surface area contributed by atoms with Crippen molar-refractivity contribution in [3.05, 3.63) is 12.3 Å². The summed E-state index contributed by atoms with van der Waals surface area (Å²) in [5.41, 5.74) is 3.27. The van der Waals surface area contributed by atoms with Crippen molar-refractivity contribution in [1.82, 2.24) is 5.48 Å². The Morgan fingerprint density at radius 3 is 2.42 bits per heavy atom. The molecule has 12 heavy (non-hydrogen) atoms. The van der Waals surface area contributed by atoms with Gasteiger partial charge in [-0.25, -0.2) is 0 Å². The zero-order chi connectivity index (χ0) is 9.56. The summed E-state index contributed by atoms with van der Waals surface area (Å²) in [6, 6.07) is 0. The second kappa shape index (κ2) is 5.49. The fourth-order valence-corrected chi connectivity index (χ4v) is 0.672. The highest BCUT2D eigenvalue weighted by atomic mass is 16.5. The fraction of sp³-hybridized carbons (Fsp3) is 0.500. The van der Waals surface area contributed by atoms with E-state index in [-0.39, 0.29) is 0 Å². The maximum absolute atomic E-state index is 8.63. The van der Waals surface area contributed by atoms with Crippen molar-refractivity contribution in [3.63, 3.8) is 0 Å². The lowest BCUT2D eigenvalue weighted by atomic mass is 10.4. The van der Waals surface area contributed by atoms with Crippen LogP contribution in [0.4, 0.5) is 0 Å². The molecule has 4 nitrogen and oxygen atoms in total. The number of nitrogens with zero attached hydrogens (tertiary/aromatic N) is 2. The molecule has 0 unspecified atom stereocenters. The third kappa shape index (κ3) is 3.88. The number of nitrogens with one attached hydrogen (secondary N) is 1. The molecule has 68 valence electrons. The molecule has 0 aliphatic heterocycles. The van der Waals surface area contributed by atoms with Gasteiger partial charge in [-0.3, -0.25) is 20.7 Å². The Kier molecular flexibility index (Phi) is 4.96. The number of hydroxylamine groups is 1. The number of aliphatic imine (C=N–C) groups is 2. The van der Waals surface area contributed by atoms with Crippen molar-refractivity contribution in [2.24, 2.45) is 9.98 Å². The molecule has 0 spiro atoms. The first-order chi connectivity index (χ1) is 5.61. The van der Waals surface area contributed by atoms with Crippen molar-refractivity contribution in [2.45, 2.75) is 20.8 Å². The van der Waals surface area contributed by atoms with E-state index in [4.69, 9.17) is 5.21 Å². The first-order valence-electron chi connectivity index (χ1n) is 3.77. The van der Waals surface area contributed by atoms with Crippen LogP contribution in [0.2, 0.25) is 0 Å². The van der Waals surface area contributed by atoms with E-state index in [1.165, 1.54) is 0 Å². The van der Waals surface area contributed by atoms with Crippen LogP contribution in [0.15, 0.2) is 22.3 Å². The van der Waals surface area contributed by atoms with Gasteiger partial charge in [0.2, 0.25) is 0 Å². The molecule has 0 amide bonds. The topological polar surface area (TPSA) is 57.0 Å². The number of rotatable bonds is 3. The maximum atomic E-state index is 8.63. The molecule has 0 atom stereocenters. The van der Waals surface area contributed by atoms with E-state index in [1.807, 2.05) is 26.3 Å². The van der Waals surface area contributed by atoms with Crippen molar-refractivity contribution < 1.29 is 5.21 Å². The Bertz CT molecular complexity index is 214. The predicted molar refractivity (Wildman–Crippen MR) is 50.8 cm³/mol. The Morgan fingerprint density at radius 2 is 2.08 bits per heavy atom. The largest absolute Gasteiger partial charge is 0.290 e. The molecule has 0 bridgehead atoms. The van der Waals surface area contributed by atoms with E-state index in [9.17, 15) is 0 Å². The van der Waals surface area contributed by atoms with Gasteiger partial charge in [0.1, 0.15) is 0 Å². The Morgan fingerprint density at radius 1 is 1.50 bits per heavy atom. The standard InChI is InChI=1S/C8H15N3O/c1-5-9-8(11-12)7(4)10-6(2)3/h12H,4-5H2,1-3H3,(H,9,11). The molecule has 2 N–H and O–H groups in total. The third-order valence-corrected chi connectivity index (χ3v) is 1.05. The minimum absolute atomic E-state index is 0.318. The molecule has 0 radical (unpaired) electrons. The lowest BCUT2D eigenvalue weighted by molar-refractivity contribution is 0.234. The van der Waals surface area contributed by atoms with Gasteiger partial charge in [0.15, 0.2) is 5.84 Å². The molecular formula is C8H15N3O. The Balaban J connectivity index is 4.44. The summed E-state index contributed by atoms with van der Waals surface area (Å²) in [5, 5.41) is 8.63. The van der Waals surface area contributed by atoms with Gasteiger partial charge in [0, 0.05) is 12.3 Å². The van der Waals surface area contributed by atoms with E-state index < -0.39 is 0 Å². The molecule has 0 aliphatic rings.